The smallest absolute Gasteiger partial charge is 0.229 e. The van der Waals surface area contributed by atoms with Crippen molar-refractivity contribution in [3.63, 3.8) is 0 Å². The molecule has 1 amide bonds. The molecule has 2 heterocycles. The molecule has 166 valence electrons. The maximum atomic E-state index is 14.2. The summed E-state index contributed by atoms with van der Waals surface area (Å²) in [6.45, 7) is 11.2. The summed E-state index contributed by atoms with van der Waals surface area (Å²) in [7, 11) is 0. The van der Waals surface area contributed by atoms with E-state index in [0.717, 1.165) is 61.6 Å². The normalized spacial score (nSPS) is 22.7. The minimum absolute atomic E-state index is 0.0580. The highest BCUT2D eigenvalue weighted by atomic mass is 19.1. The van der Waals surface area contributed by atoms with E-state index in [-0.39, 0.29) is 23.6 Å². The molecular formula is C26H33FN2O2. The standard InChI is InChI=1S/C26H33FN2O2/c1-18-12-21(16-28-8-10-31-11-9-28)13-19(2)25(18)29-17-22(14-20(3)26(29)30)15-23-6-4-5-7-24(23)27/h4-7,12-13,20,22H,8-11,14-17H2,1-3H3/t20-,22-/m1/s1. The number of amides is 1. The van der Waals surface area contributed by atoms with Crippen LogP contribution in [0.3, 0.4) is 0 Å². The van der Waals surface area contributed by atoms with Gasteiger partial charge in [-0.1, -0.05) is 37.3 Å². The second-order valence-corrected chi connectivity index (χ2v) is 9.21. The van der Waals surface area contributed by atoms with Gasteiger partial charge in [-0.3, -0.25) is 9.69 Å². The van der Waals surface area contributed by atoms with Crippen LogP contribution in [0.15, 0.2) is 36.4 Å². The fraction of sp³-hybridized carbons (Fsp3) is 0.500. The number of piperidine rings is 1. The van der Waals surface area contributed by atoms with Crippen LogP contribution in [-0.2, 0) is 22.5 Å². The Morgan fingerprint density at radius 2 is 1.77 bits per heavy atom. The van der Waals surface area contributed by atoms with Crippen LogP contribution in [0, 0.1) is 31.5 Å². The number of halogens is 1. The Balaban J connectivity index is 1.54. The number of morpholine rings is 1. The second-order valence-electron chi connectivity index (χ2n) is 9.21. The quantitative estimate of drug-likeness (QED) is 0.708. The molecule has 0 saturated carbocycles. The van der Waals surface area contributed by atoms with Gasteiger partial charge in [0.15, 0.2) is 0 Å². The molecule has 2 atom stereocenters. The van der Waals surface area contributed by atoms with Crippen LogP contribution in [0.1, 0.15) is 35.6 Å². The van der Waals surface area contributed by atoms with Crippen molar-refractivity contribution in [1.82, 2.24) is 4.90 Å². The number of nitrogens with zero attached hydrogens (tertiary/aromatic N) is 2. The van der Waals surface area contributed by atoms with Gasteiger partial charge in [0.05, 0.1) is 13.2 Å². The van der Waals surface area contributed by atoms with Gasteiger partial charge in [0.1, 0.15) is 5.82 Å². The second kappa shape index (κ2) is 9.49. The number of benzene rings is 2. The Labute approximate surface area is 185 Å². The number of carbonyl (C=O) groups excluding carboxylic acids is 1. The fourth-order valence-corrected chi connectivity index (χ4v) is 5.19. The minimum atomic E-state index is -0.154. The summed E-state index contributed by atoms with van der Waals surface area (Å²) in [6, 6.07) is 11.4. The van der Waals surface area contributed by atoms with Crippen molar-refractivity contribution in [2.24, 2.45) is 11.8 Å². The number of aryl methyl sites for hydroxylation is 2. The van der Waals surface area contributed by atoms with Gasteiger partial charge in [-0.15, -0.1) is 0 Å². The van der Waals surface area contributed by atoms with Crippen LogP contribution in [0.2, 0.25) is 0 Å². The predicted molar refractivity (Wildman–Crippen MR) is 122 cm³/mol. The molecular weight excluding hydrogens is 391 g/mol. The first-order chi connectivity index (χ1) is 14.9. The molecule has 2 saturated heterocycles. The van der Waals surface area contributed by atoms with Gasteiger partial charge in [-0.2, -0.15) is 0 Å². The number of carbonyl (C=O) groups is 1. The Bertz CT molecular complexity index is 916. The van der Waals surface area contributed by atoms with E-state index >= 15 is 0 Å². The zero-order valence-electron chi connectivity index (χ0n) is 18.9. The maximum Gasteiger partial charge on any atom is 0.229 e. The van der Waals surface area contributed by atoms with Crippen molar-refractivity contribution in [1.29, 1.82) is 0 Å². The lowest BCUT2D eigenvalue weighted by Crippen LogP contribution is -2.46. The summed E-state index contributed by atoms with van der Waals surface area (Å²) in [6.07, 6.45) is 1.46. The number of ether oxygens (including phenoxy) is 1. The van der Waals surface area contributed by atoms with E-state index in [1.165, 1.54) is 11.6 Å². The van der Waals surface area contributed by atoms with Gasteiger partial charge < -0.3 is 9.64 Å². The first-order valence-corrected chi connectivity index (χ1v) is 11.4. The Kier molecular flexibility index (Phi) is 6.73. The molecule has 2 aromatic carbocycles. The summed E-state index contributed by atoms with van der Waals surface area (Å²) < 4.78 is 19.7. The van der Waals surface area contributed by atoms with Crippen molar-refractivity contribution in [2.75, 3.05) is 37.7 Å². The molecule has 31 heavy (non-hydrogen) atoms. The van der Waals surface area contributed by atoms with Gasteiger partial charge in [-0.25, -0.2) is 4.39 Å². The third kappa shape index (κ3) is 4.99. The largest absolute Gasteiger partial charge is 0.379 e. The highest BCUT2D eigenvalue weighted by Gasteiger charge is 2.34. The molecule has 4 nitrogen and oxygen atoms in total. The summed E-state index contributed by atoms with van der Waals surface area (Å²) in [5.41, 5.74) is 5.32. The lowest BCUT2D eigenvalue weighted by atomic mass is 9.84. The predicted octanol–water partition coefficient (Wildman–Crippen LogP) is 4.51. The molecule has 2 aliphatic rings. The lowest BCUT2D eigenvalue weighted by Gasteiger charge is -2.38. The van der Waals surface area contributed by atoms with Gasteiger partial charge in [-0.05, 0) is 60.9 Å². The molecule has 0 N–H and O–H groups in total. The zero-order chi connectivity index (χ0) is 22.0. The van der Waals surface area contributed by atoms with Crippen molar-refractivity contribution >= 4 is 11.6 Å². The van der Waals surface area contributed by atoms with Crippen molar-refractivity contribution in [3.05, 3.63) is 64.5 Å². The average Bonchev–Trinajstić information content (AvgIpc) is 2.73. The van der Waals surface area contributed by atoms with E-state index in [0.29, 0.717) is 13.0 Å². The molecule has 2 fully saturated rings. The number of hydrogen-bond acceptors (Lipinski definition) is 3. The molecule has 0 radical (unpaired) electrons. The van der Waals surface area contributed by atoms with Crippen LogP contribution in [0.5, 0.6) is 0 Å². The summed E-state index contributed by atoms with van der Waals surface area (Å²) >= 11 is 0. The topological polar surface area (TPSA) is 32.8 Å². The molecule has 0 aromatic heterocycles. The maximum absolute atomic E-state index is 14.2. The molecule has 0 unspecified atom stereocenters. The highest BCUT2D eigenvalue weighted by Crippen LogP contribution is 2.34. The van der Waals surface area contributed by atoms with Crippen LogP contribution in [0.25, 0.3) is 0 Å². The summed E-state index contributed by atoms with van der Waals surface area (Å²) in [4.78, 5) is 17.5. The summed E-state index contributed by atoms with van der Waals surface area (Å²) in [5, 5.41) is 0. The van der Waals surface area contributed by atoms with Crippen LogP contribution >= 0.6 is 0 Å². The first-order valence-electron chi connectivity index (χ1n) is 11.4. The molecule has 4 rings (SSSR count). The first kappa shape index (κ1) is 22.0. The SMILES string of the molecule is Cc1cc(CN2CCOCC2)cc(C)c1N1C[C@@H](Cc2ccccc2F)C[C@@H](C)C1=O. The van der Waals surface area contributed by atoms with Gasteiger partial charge in [0, 0.05) is 37.8 Å². The molecule has 2 aromatic rings. The van der Waals surface area contributed by atoms with Crippen LogP contribution in [-0.4, -0.2) is 43.7 Å². The zero-order valence-corrected chi connectivity index (χ0v) is 18.9. The highest BCUT2D eigenvalue weighted by molar-refractivity contribution is 5.97. The average molecular weight is 425 g/mol. The number of hydrogen-bond donors (Lipinski definition) is 0. The van der Waals surface area contributed by atoms with E-state index in [1.54, 1.807) is 6.07 Å². The van der Waals surface area contributed by atoms with Crippen molar-refractivity contribution < 1.29 is 13.9 Å². The van der Waals surface area contributed by atoms with E-state index in [1.807, 2.05) is 24.0 Å². The third-order valence-corrected chi connectivity index (χ3v) is 6.61. The molecule has 2 aliphatic heterocycles. The van der Waals surface area contributed by atoms with Crippen LogP contribution in [0.4, 0.5) is 10.1 Å². The van der Waals surface area contributed by atoms with Crippen molar-refractivity contribution in [3.8, 4) is 0 Å². The fourth-order valence-electron chi connectivity index (χ4n) is 5.19. The minimum Gasteiger partial charge on any atom is -0.379 e. The van der Waals surface area contributed by atoms with Crippen LogP contribution < -0.4 is 4.90 Å². The Hall–Kier alpha value is -2.24. The van der Waals surface area contributed by atoms with E-state index in [4.69, 9.17) is 4.74 Å². The van der Waals surface area contributed by atoms with Crippen molar-refractivity contribution in [2.45, 2.75) is 40.2 Å². The molecule has 5 heteroatoms. The Morgan fingerprint density at radius 1 is 1.10 bits per heavy atom. The number of rotatable bonds is 5. The van der Waals surface area contributed by atoms with E-state index < -0.39 is 0 Å². The van der Waals surface area contributed by atoms with Gasteiger partial charge in [0.25, 0.3) is 0 Å². The molecule has 0 spiro atoms. The van der Waals surface area contributed by atoms with E-state index in [9.17, 15) is 9.18 Å². The third-order valence-electron chi connectivity index (χ3n) is 6.61. The number of anilines is 1. The van der Waals surface area contributed by atoms with Gasteiger partial charge in [0.2, 0.25) is 5.91 Å². The Morgan fingerprint density at radius 3 is 2.45 bits per heavy atom. The molecule has 0 aliphatic carbocycles. The molecule has 0 bridgehead atoms. The summed E-state index contributed by atoms with van der Waals surface area (Å²) in [5.74, 6) is 0.212. The van der Waals surface area contributed by atoms with E-state index in [2.05, 4.69) is 30.9 Å². The lowest BCUT2D eigenvalue weighted by molar-refractivity contribution is -0.124. The van der Waals surface area contributed by atoms with Gasteiger partial charge >= 0.3 is 0 Å². The monoisotopic (exact) mass is 424 g/mol.